The molecule has 26 heavy (non-hydrogen) atoms. The van der Waals surface area contributed by atoms with Gasteiger partial charge in [-0.2, -0.15) is 0 Å². The van der Waals surface area contributed by atoms with Gasteiger partial charge in [-0.1, -0.05) is 36.4 Å². The molecule has 0 unspecified atom stereocenters. The highest BCUT2D eigenvalue weighted by atomic mass is 16.1. The summed E-state index contributed by atoms with van der Waals surface area (Å²) in [5, 5.41) is 0.715. The van der Waals surface area contributed by atoms with Crippen LogP contribution in [-0.4, -0.2) is 27.5 Å². The van der Waals surface area contributed by atoms with Crippen LogP contribution in [0.4, 0.5) is 0 Å². The number of piperidine rings is 1. The molecule has 1 aliphatic heterocycles. The first kappa shape index (κ1) is 17.0. The van der Waals surface area contributed by atoms with Crippen molar-refractivity contribution >= 4 is 10.9 Å². The Bertz CT molecular complexity index is 955. The monoisotopic (exact) mass is 347 g/mol. The van der Waals surface area contributed by atoms with Crippen molar-refractivity contribution in [1.82, 2.24) is 14.5 Å². The summed E-state index contributed by atoms with van der Waals surface area (Å²) in [5.74, 6) is 0.545. The SMILES string of the molecule is Cc1ccccc1CN1CCC(Cn2cnc3ccccc3c2=O)CC1. The second kappa shape index (κ2) is 7.42. The van der Waals surface area contributed by atoms with Gasteiger partial charge in [-0.3, -0.25) is 14.3 Å². The van der Waals surface area contributed by atoms with Crippen molar-refractivity contribution < 1.29 is 0 Å². The van der Waals surface area contributed by atoms with Crippen LogP contribution in [0.25, 0.3) is 10.9 Å². The Morgan fingerprint density at radius 2 is 1.77 bits per heavy atom. The molecule has 1 fully saturated rings. The van der Waals surface area contributed by atoms with Gasteiger partial charge in [0.1, 0.15) is 0 Å². The number of rotatable bonds is 4. The molecule has 1 aliphatic rings. The van der Waals surface area contributed by atoms with E-state index in [1.54, 1.807) is 10.9 Å². The summed E-state index contributed by atoms with van der Waals surface area (Å²) in [5.41, 5.74) is 3.64. The van der Waals surface area contributed by atoms with Crippen molar-refractivity contribution in [1.29, 1.82) is 0 Å². The normalized spacial score (nSPS) is 16.2. The number of benzene rings is 2. The maximum atomic E-state index is 12.7. The summed E-state index contributed by atoms with van der Waals surface area (Å²) < 4.78 is 1.80. The smallest absolute Gasteiger partial charge is 0.261 e. The van der Waals surface area contributed by atoms with Crippen LogP contribution in [0.15, 0.2) is 59.7 Å². The molecule has 0 N–H and O–H groups in total. The molecule has 1 saturated heterocycles. The van der Waals surface area contributed by atoms with Crippen molar-refractivity contribution in [3.05, 3.63) is 76.3 Å². The number of fused-ring (bicyclic) bond motifs is 1. The van der Waals surface area contributed by atoms with E-state index in [2.05, 4.69) is 41.1 Å². The van der Waals surface area contributed by atoms with Gasteiger partial charge >= 0.3 is 0 Å². The lowest BCUT2D eigenvalue weighted by molar-refractivity contribution is 0.166. The van der Waals surface area contributed by atoms with E-state index in [1.165, 1.54) is 11.1 Å². The quantitative estimate of drug-likeness (QED) is 0.723. The summed E-state index contributed by atoms with van der Waals surface area (Å²) in [4.78, 5) is 19.6. The minimum absolute atomic E-state index is 0.0814. The molecule has 0 spiro atoms. The molecule has 4 rings (SSSR count). The van der Waals surface area contributed by atoms with Gasteiger partial charge < -0.3 is 0 Å². The Morgan fingerprint density at radius 1 is 1.04 bits per heavy atom. The van der Waals surface area contributed by atoms with E-state index < -0.39 is 0 Å². The van der Waals surface area contributed by atoms with Gasteiger partial charge in [-0.05, 0) is 62.0 Å². The third-order valence-corrected chi connectivity index (χ3v) is 5.55. The third-order valence-electron chi connectivity index (χ3n) is 5.55. The fourth-order valence-corrected chi connectivity index (χ4v) is 3.87. The predicted octanol–water partition coefficient (Wildman–Crippen LogP) is 3.62. The van der Waals surface area contributed by atoms with Crippen molar-refractivity contribution in [3.8, 4) is 0 Å². The minimum atomic E-state index is 0.0814. The van der Waals surface area contributed by atoms with E-state index in [0.717, 1.165) is 44.5 Å². The molecule has 134 valence electrons. The van der Waals surface area contributed by atoms with Gasteiger partial charge in [-0.15, -0.1) is 0 Å². The Kier molecular flexibility index (Phi) is 4.85. The van der Waals surface area contributed by atoms with E-state index in [0.29, 0.717) is 11.3 Å². The van der Waals surface area contributed by atoms with Gasteiger partial charge in [0.05, 0.1) is 17.2 Å². The van der Waals surface area contributed by atoms with Gasteiger partial charge in [0.2, 0.25) is 0 Å². The summed E-state index contributed by atoms with van der Waals surface area (Å²) in [7, 11) is 0. The van der Waals surface area contributed by atoms with Crippen LogP contribution < -0.4 is 5.56 Å². The fourth-order valence-electron chi connectivity index (χ4n) is 3.87. The molecule has 0 saturated carbocycles. The number of aryl methyl sites for hydroxylation is 1. The van der Waals surface area contributed by atoms with E-state index in [1.807, 2.05) is 24.3 Å². The van der Waals surface area contributed by atoms with Gasteiger partial charge in [-0.25, -0.2) is 4.98 Å². The molecule has 0 aliphatic carbocycles. The lowest BCUT2D eigenvalue weighted by Crippen LogP contribution is -2.36. The Morgan fingerprint density at radius 3 is 2.58 bits per heavy atom. The number of nitrogens with zero attached hydrogens (tertiary/aromatic N) is 3. The van der Waals surface area contributed by atoms with Crippen LogP contribution in [0.1, 0.15) is 24.0 Å². The molecule has 2 heterocycles. The van der Waals surface area contributed by atoms with E-state index in [9.17, 15) is 4.79 Å². The van der Waals surface area contributed by atoms with E-state index in [4.69, 9.17) is 0 Å². The number of para-hydroxylation sites is 1. The molecule has 0 amide bonds. The Hall–Kier alpha value is -2.46. The van der Waals surface area contributed by atoms with Crippen molar-refractivity contribution in [2.24, 2.45) is 5.92 Å². The van der Waals surface area contributed by atoms with Crippen LogP contribution >= 0.6 is 0 Å². The summed E-state index contributed by atoms with van der Waals surface area (Å²) in [6, 6.07) is 16.2. The average Bonchev–Trinajstić information content (AvgIpc) is 2.67. The van der Waals surface area contributed by atoms with Crippen molar-refractivity contribution in [2.75, 3.05) is 13.1 Å². The molecular formula is C22H25N3O. The number of hydrogen-bond donors (Lipinski definition) is 0. The average molecular weight is 347 g/mol. The zero-order chi connectivity index (χ0) is 17.9. The lowest BCUT2D eigenvalue weighted by atomic mass is 9.96. The first-order chi connectivity index (χ1) is 12.7. The molecular weight excluding hydrogens is 322 g/mol. The maximum Gasteiger partial charge on any atom is 0.261 e. The first-order valence-electron chi connectivity index (χ1n) is 9.42. The van der Waals surface area contributed by atoms with E-state index >= 15 is 0 Å². The molecule has 1 aromatic heterocycles. The fraction of sp³-hybridized carbons (Fsp3) is 0.364. The highest BCUT2D eigenvalue weighted by Crippen LogP contribution is 2.21. The number of aromatic nitrogens is 2. The van der Waals surface area contributed by atoms with Gasteiger partial charge in [0, 0.05) is 13.1 Å². The predicted molar refractivity (Wildman–Crippen MR) is 105 cm³/mol. The first-order valence-corrected chi connectivity index (χ1v) is 9.42. The van der Waals surface area contributed by atoms with Crippen molar-refractivity contribution in [2.45, 2.75) is 32.9 Å². The van der Waals surface area contributed by atoms with Crippen LogP contribution in [0.5, 0.6) is 0 Å². The summed E-state index contributed by atoms with van der Waals surface area (Å²) in [6.07, 6.45) is 3.97. The second-order valence-corrected chi connectivity index (χ2v) is 7.37. The number of hydrogen-bond acceptors (Lipinski definition) is 3. The van der Waals surface area contributed by atoms with Gasteiger partial charge in [0.15, 0.2) is 0 Å². The topological polar surface area (TPSA) is 38.1 Å². The largest absolute Gasteiger partial charge is 0.299 e. The molecule has 4 nitrogen and oxygen atoms in total. The molecule has 4 heteroatoms. The standard InChI is InChI=1S/C22H25N3O/c1-17-6-2-3-7-19(17)15-24-12-10-18(11-13-24)14-25-16-23-21-9-5-4-8-20(21)22(25)26/h2-9,16,18H,10-15H2,1H3. The highest BCUT2D eigenvalue weighted by molar-refractivity contribution is 5.76. The van der Waals surface area contributed by atoms with Gasteiger partial charge in [0.25, 0.3) is 5.56 Å². The maximum absolute atomic E-state index is 12.7. The summed E-state index contributed by atoms with van der Waals surface area (Å²) >= 11 is 0. The zero-order valence-electron chi connectivity index (χ0n) is 15.3. The molecule has 0 bridgehead atoms. The molecule has 0 atom stereocenters. The third kappa shape index (κ3) is 3.56. The second-order valence-electron chi connectivity index (χ2n) is 7.37. The van der Waals surface area contributed by atoms with Crippen molar-refractivity contribution in [3.63, 3.8) is 0 Å². The van der Waals surface area contributed by atoms with E-state index in [-0.39, 0.29) is 5.56 Å². The van der Waals surface area contributed by atoms with Crippen LogP contribution in [0.3, 0.4) is 0 Å². The Balaban J connectivity index is 1.39. The minimum Gasteiger partial charge on any atom is -0.299 e. The zero-order valence-corrected chi connectivity index (χ0v) is 15.3. The number of likely N-dealkylation sites (tertiary alicyclic amines) is 1. The van der Waals surface area contributed by atoms with Crippen LogP contribution in [-0.2, 0) is 13.1 Å². The highest BCUT2D eigenvalue weighted by Gasteiger charge is 2.20. The van der Waals surface area contributed by atoms with Crippen LogP contribution in [0.2, 0.25) is 0 Å². The Labute approximate surface area is 154 Å². The summed E-state index contributed by atoms with van der Waals surface area (Å²) in [6.45, 7) is 6.16. The molecule has 0 radical (unpaired) electrons. The van der Waals surface area contributed by atoms with Crippen LogP contribution in [0, 0.1) is 12.8 Å². The molecule has 2 aromatic carbocycles. The molecule has 3 aromatic rings. The lowest BCUT2D eigenvalue weighted by Gasteiger charge is -2.32.